The molecule has 122 valence electrons. The molecule has 0 aromatic rings. The maximum atomic E-state index is 12.5. The Morgan fingerprint density at radius 1 is 0.636 bits per heavy atom. The average Bonchev–Trinajstić information content (AvgIpc) is 2.53. The summed E-state index contributed by atoms with van der Waals surface area (Å²) in [6.45, 7) is 0. The molecule has 6 saturated carbocycles. The Morgan fingerprint density at radius 3 is 1.32 bits per heavy atom. The largest absolute Gasteiger partial charge is 0.294 e. The summed E-state index contributed by atoms with van der Waals surface area (Å²) in [5.41, 5.74) is 0.362. The number of hydrogen-bond donors (Lipinski definition) is 2. The molecule has 6 fully saturated rings. The summed E-state index contributed by atoms with van der Waals surface area (Å²) in [7, 11) is 0. The standard InChI is InChI=1S/C10H3Cl9N2O/c11-3-2(1(22)21-20)4(12)6(3,14)9(17)7(3,15)5(2,13)8(4,16)10(9,18)19/h20H2,(H,21,22)/t2?,3?,4-,5-,6-,7+,8?,9?/m1/s1. The van der Waals surface area contributed by atoms with E-state index in [1.807, 2.05) is 5.43 Å². The van der Waals surface area contributed by atoms with Crippen LogP contribution in [0.15, 0.2) is 0 Å². The summed E-state index contributed by atoms with van der Waals surface area (Å²) < 4.78 is -1.91. The first-order valence-corrected chi connectivity index (χ1v) is 9.35. The van der Waals surface area contributed by atoms with Crippen molar-refractivity contribution >= 4 is 110 Å². The molecular weight excluding hydrogens is 483 g/mol. The normalized spacial score (nSPS) is 76.8. The minimum atomic E-state index is -1.91. The summed E-state index contributed by atoms with van der Waals surface area (Å²) in [5, 5.41) is 0. The zero-order valence-corrected chi connectivity index (χ0v) is 16.7. The van der Waals surface area contributed by atoms with Crippen molar-refractivity contribution in [1.82, 2.24) is 5.43 Å². The lowest BCUT2D eigenvalue weighted by Crippen LogP contribution is -3.26. The molecular formula is C10H3Cl9N2O. The van der Waals surface area contributed by atoms with Crippen LogP contribution >= 0.6 is 104 Å². The number of rotatable bonds is 1. The van der Waals surface area contributed by atoms with Crippen molar-refractivity contribution in [2.75, 3.05) is 0 Å². The minimum absolute atomic E-state index is 0.735. The van der Waals surface area contributed by atoms with E-state index in [-0.39, 0.29) is 0 Å². The molecule has 0 heterocycles. The number of hydrazine groups is 1. The van der Waals surface area contributed by atoms with Gasteiger partial charge >= 0.3 is 0 Å². The zero-order chi connectivity index (χ0) is 16.8. The summed E-state index contributed by atoms with van der Waals surface area (Å²) in [4.78, 5) is 0.778. The minimum Gasteiger partial charge on any atom is -0.294 e. The number of nitrogens with one attached hydrogen (secondary N) is 1. The van der Waals surface area contributed by atoms with Gasteiger partial charge in [0, 0.05) is 0 Å². The molecule has 6 rings (SSSR count). The highest BCUT2D eigenvalue weighted by Gasteiger charge is 3.37. The highest BCUT2D eigenvalue weighted by atomic mass is 35.5. The second-order valence-electron chi connectivity index (χ2n) is 6.41. The van der Waals surface area contributed by atoms with Crippen molar-refractivity contribution in [3.8, 4) is 0 Å². The molecule has 3 N–H and O–H groups in total. The third kappa shape index (κ3) is 0.605. The second-order valence-corrected chi connectivity index (χ2v) is 11.7. The van der Waals surface area contributed by atoms with Crippen LogP contribution in [0.1, 0.15) is 0 Å². The Balaban J connectivity index is 1.96. The first kappa shape index (κ1) is 16.2. The van der Waals surface area contributed by atoms with Crippen LogP contribution in [0.5, 0.6) is 0 Å². The van der Waals surface area contributed by atoms with Crippen LogP contribution in [0.3, 0.4) is 0 Å². The van der Waals surface area contributed by atoms with E-state index in [1.54, 1.807) is 0 Å². The Kier molecular flexibility index (Phi) is 2.29. The van der Waals surface area contributed by atoms with E-state index in [1.165, 1.54) is 0 Å². The quantitative estimate of drug-likeness (QED) is 0.259. The molecule has 22 heavy (non-hydrogen) atoms. The van der Waals surface area contributed by atoms with E-state index < -0.39 is 49.8 Å². The molecule has 2 bridgehead atoms. The molecule has 0 aliphatic heterocycles. The van der Waals surface area contributed by atoms with Gasteiger partial charge in [-0.15, -0.1) is 81.2 Å². The van der Waals surface area contributed by atoms with E-state index in [4.69, 9.17) is 110 Å². The SMILES string of the molecule is NNC(=O)C12C3(Cl)[C@]4(Cl)C5(Cl)C(Cl)(Cl)C(Cl)([C@@]14Cl)[C@]2(Cl)[C@]53Cl. The fourth-order valence-corrected chi connectivity index (χ4v) is 14.5. The molecule has 6 aliphatic carbocycles. The predicted molar refractivity (Wildman–Crippen MR) is 89.3 cm³/mol. The van der Waals surface area contributed by atoms with Gasteiger partial charge in [-0.2, -0.15) is 0 Å². The number of hydrogen-bond acceptors (Lipinski definition) is 2. The van der Waals surface area contributed by atoms with Gasteiger partial charge in [-0.25, -0.2) is 5.84 Å². The fourth-order valence-electron chi connectivity index (χ4n) is 6.30. The third-order valence-corrected chi connectivity index (χ3v) is 14.9. The Labute approximate surface area is 169 Å². The fraction of sp³-hybridized carbons (Fsp3) is 0.900. The summed E-state index contributed by atoms with van der Waals surface area (Å²) in [6, 6.07) is 0. The van der Waals surface area contributed by atoms with Crippen LogP contribution in [0, 0.1) is 5.41 Å². The number of halogens is 9. The van der Waals surface area contributed by atoms with Gasteiger partial charge in [-0.1, -0.05) is 23.2 Å². The maximum Gasteiger partial charge on any atom is 0.245 e. The van der Waals surface area contributed by atoms with Crippen molar-refractivity contribution in [3.05, 3.63) is 0 Å². The molecule has 6 aliphatic rings. The number of nitrogens with two attached hydrogens (primary N) is 1. The molecule has 4 unspecified atom stereocenters. The Hall–Kier alpha value is 2.04. The molecule has 0 radical (unpaired) electrons. The highest BCUT2D eigenvalue weighted by molar-refractivity contribution is 6.79. The van der Waals surface area contributed by atoms with Crippen molar-refractivity contribution in [1.29, 1.82) is 0 Å². The van der Waals surface area contributed by atoms with Crippen LogP contribution in [-0.2, 0) is 4.79 Å². The van der Waals surface area contributed by atoms with Gasteiger partial charge in [-0.3, -0.25) is 10.2 Å². The van der Waals surface area contributed by atoms with Gasteiger partial charge in [0.05, 0.1) is 0 Å². The van der Waals surface area contributed by atoms with Crippen LogP contribution in [-0.4, -0.2) is 44.4 Å². The summed E-state index contributed by atoms with van der Waals surface area (Å²) in [6.07, 6.45) is 0. The van der Waals surface area contributed by atoms with Crippen molar-refractivity contribution in [2.24, 2.45) is 11.3 Å². The van der Waals surface area contributed by atoms with Gasteiger partial charge in [0.2, 0.25) is 5.91 Å². The van der Waals surface area contributed by atoms with Gasteiger partial charge in [0.15, 0.2) is 4.33 Å². The summed E-state index contributed by atoms with van der Waals surface area (Å²) >= 11 is 59.7. The molecule has 0 aromatic carbocycles. The highest BCUT2D eigenvalue weighted by Crippen LogP contribution is 3.18. The van der Waals surface area contributed by atoms with Gasteiger partial charge in [-0.05, 0) is 0 Å². The maximum absolute atomic E-state index is 12.5. The average molecular weight is 486 g/mol. The Morgan fingerprint density at radius 2 is 0.955 bits per heavy atom. The van der Waals surface area contributed by atoms with Crippen LogP contribution in [0.4, 0.5) is 0 Å². The van der Waals surface area contributed by atoms with Crippen LogP contribution in [0.25, 0.3) is 0 Å². The monoisotopic (exact) mass is 482 g/mol. The lowest BCUT2D eigenvalue weighted by atomic mass is 9.10. The number of amides is 1. The van der Waals surface area contributed by atoms with E-state index >= 15 is 0 Å². The molecule has 8 atom stereocenters. The lowest BCUT2D eigenvalue weighted by molar-refractivity contribution is -0.324. The number of alkyl halides is 9. The lowest BCUT2D eigenvalue weighted by Gasteiger charge is -3.04. The van der Waals surface area contributed by atoms with Gasteiger partial charge in [0.25, 0.3) is 0 Å². The first-order chi connectivity index (χ1) is 9.73. The summed E-state index contributed by atoms with van der Waals surface area (Å²) in [5.74, 6) is 4.53. The molecule has 0 spiro atoms. The molecule has 0 aromatic heterocycles. The molecule has 12 heteroatoms. The zero-order valence-electron chi connectivity index (χ0n) is 9.89. The topological polar surface area (TPSA) is 55.1 Å². The van der Waals surface area contributed by atoms with Crippen molar-refractivity contribution < 1.29 is 4.79 Å². The number of carbonyl (C=O) groups is 1. The van der Waals surface area contributed by atoms with E-state index in [0.29, 0.717) is 0 Å². The van der Waals surface area contributed by atoms with E-state index in [0.717, 1.165) is 0 Å². The van der Waals surface area contributed by atoms with Gasteiger partial charge < -0.3 is 0 Å². The van der Waals surface area contributed by atoms with Crippen molar-refractivity contribution in [3.63, 3.8) is 0 Å². The second kappa shape index (κ2) is 3.10. The smallest absolute Gasteiger partial charge is 0.245 e. The first-order valence-electron chi connectivity index (χ1n) is 5.94. The van der Waals surface area contributed by atoms with Crippen LogP contribution in [0.2, 0.25) is 0 Å². The molecule has 3 nitrogen and oxygen atoms in total. The number of carbonyl (C=O) groups excluding carboxylic acids is 1. The Bertz CT molecular complexity index is 710. The predicted octanol–water partition coefficient (Wildman–Crippen LogP) is 3.05. The molecule has 1 amide bonds. The van der Waals surface area contributed by atoms with E-state index in [9.17, 15) is 4.79 Å². The third-order valence-electron chi connectivity index (χ3n) is 6.68. The van der Waals surface area contributed by atoms with E-state index in [2.05, 4.69) is 0 Å². The van der Waals surface area contributed by atoms with Crippen molar-refractivity contribution in [2.45, 2.75) is 38.5 Å². The van der Waals surface area contributed by atoms with Gasteiger partial charge in [0.1, 0.15) is 39.5 Å². The molecule has 0 saturated heterocycles. The van der Waals surface area contributed by atoms with Crippen LogP contribution < -0.4 is 11.3 Å².